The van der Waals surface area contributed by atoms with E-state index in [1.807, 2.05) is 61.3 Å². The molecule has 0 spiro atoms. The Labute approximate surface area is 186 Å². The summed E-state index contributed by atoms with van der Waals surface area (Å²) in [6, 6.07) is 13.4. The Morgan fingerprint density at radius 3 is 2.91 bits per heavy atom. The van der Waals surface area contributed by atoms with Crippen LogP contribution in [0.1, 0.15) is 40.6 Å². The molecule has 7 nitrogen and oxygen atoms in total. The van der Waals surface area contributed by atoms with E-state index in [4.69, 9.17) is 9.40 Å². The van der Waals surface area contributed by atoms with Crippen molar-refractivity contribution in [2.75, 3.05) is 25.5 Å². The number of nitrogens with zero attached hydrogens (tertiary/aromatic N) is 4. The molecule has 3 aromatic heterocycles. The van der Waals surface area contributed by atoms with E-state index in [1.54, 1.807) is 12.4 Å². The lowest BCUT2D eigenvalue weighted by Gasteiger charge is -2.32. The molecule has 162 valence electrons. The fraction of sp³-hybridized carbons (Fsp3) is 0.280. The van der Waals surface area contributed by atoms with Gasteiger partial charge in [0.2, 0.25) is 0 Å². The van der Waals surface area contributed by atoms with Crippen molar-refractivity contribution in [1.29, 1.82) is 0 Å². The second-order valence-electron chi connectivity index (χ2n) is 8.19. The fourth-order valence-corrected chi connectivity index (χ4v) is 4.32. The summed E-state index contributed by atoms with van der Waals surface area (Å²) in [6.45, 7) is 3.29. The van der Waals surface area contributed by atoms with Crippen molar-refractivity contribution in [2.45, 2.75) is 25.7 Å². The second-order valence-corrected chi connectivity index (χ2v) is 8.19. The number of pyridine rings is 1. The van der Waals surface area contributed by atoms with E-state index in [2.05, 4.69) is 15.3 Å². The van der Waals surface area contributed by atoms with E-state index >= 15 is 0 Å². The average Bonchev–Trinajstić information content (AvgIpc) is 3.23. The zero-order chi connectivity index (χ0) is 22.1. The smallest absolute Gasteiger partial charge is 0.253 e. The topological polar surface area (TPSA) is 84.2 Å². The van der Waals surface area contributed by atoms with E-state index in [0.29, 0.717) is 17.9 Å². The minimum atomic E-state index is 0.0471. The number of amides is 1. The highest BCUT2D eigenvalue weighted by molar-refractivity contribution is 5.98. The quantitative estimate of drug-likeness (QED) is 0.510. The van der Waals surface area contributed by atoms with Crippen molar-refractivity contribution >= 4 is 22.7 Å². The summed E-state index contributed by atoms with van der Waals surface area (Å²) in [5.74, 6) is 2.45. The van der Waals surface area contributed by atoms with Gasteiger partial charge in [0.15, 0.2) is 5.82 Å². The Hall–Kier alpha value is -3.74. The first kappa shape index (κ1) is 20.2. The van der Waals surface area contributed by atoms with Crippen LogP contribution in [-0.4, -0.2) is 45.9 Å². The molecule has 1 aliphatic heterocycles. The van der Waals surface area contributed by atoms with E-state index in [9.17, 15) is 4.79 Å². The molecule has 5 rings (SSSR count). The standard InChI is InChI=1S/C25H25N5O2/c1-16-11-20-12-17(7-8-22(20)32-16)25(31)30-10-4-6-19(15-30)21-13-23(26-2)29-24(28-21)18-5-3-9-27-14-18/h3,5,7-9,11-14,19H,4,6,10,15H2,1-2H3,(H,26,28,29). The molecule has 32 heavy (non-hydrogen) atoms. The van der Waals surface area contributed by atoms with Crippen LogP contribution in [0.5, 0.6) is 0 Å². The van der Waals surface area contributed by atoms with Crippen LogP contribution >= 0.6 is 0 Å². The minimum Gasteiger partial charge on any atom is -0.461 e. The average molecular weight is 428 g/mol. The van der Waals surface area contributed by atoms with Crippen LogP contribution in [-0.2, 0) is 0 Å². The first-order valence-electron chi connectivity index (χ1n) is 10.9. The molecule has 1 saturated heterocycles. The zero-order valence-electron chi connectivity index (χ0n) is 18.2. The number of fused-ring (bicyclic) bond motifs is 1. The Kier molecular flexibility index (Phi) is 5.31. The van der Waals surface area contributed by atoms with Crippen LogP contribution in [0.25, 0.3) is 22.4 Å². The Bertz CT molecular complexity index is 1270. The third-order valence-corrected chi connectivity index (χ3v) is 5.94. The highest BCUT2D eigenvalue weighted by atomic mass is 16.3. The number of rotatable bonds is 4. The van der Waals surface area contributed by atoms with Gasteiger partial charge in [-0.15, -0.1) is 0 Å². The van der Waals surface area contributed by atoms with Gasteiger partial charge in [-0.05, 0) is 56.2 Å². The van der Waals surface area contributed by atoms with Crippen LogP contribution in [0.4, 0.5) is 5.82 Å². The lowest BCUT2D eigenvalue weighted by molar-refractivity contribution is 0.0706. The maximum absolute atomic E-state index is 13.3. The van der Waals surface area contributed by atoms with Gasteiger partial charge in [-0.25, -0.2) is 9.97 Å². The fourth-order valence-electron chi connectivity index (χ4n) is 4.32. The highest BCUT2D eigenvalue weighted by Gasteiger charge is 2.27. The lowest BCUT2D eigenvalue weighted by Crippen LogP contribution is -2.39. The van der Waals surface area contributed by atoms with Crippen molar-refractivity contribution in [1.82, 2.24) is 19.9 Å². The number of likely N-dealkylation sites (tertiary alicyclic amines) is 1. The Morgan fingerprint density at radius 1 is 1.19 bits per heavy atom. The summed E-state index contributed by atoms with van der Waals surface area (Å²) < 4.78 is 5.64. The SMILES string of the molecule is CNc1cc(C2CCCN(C(=O)c3ccc4oc(C)cc4c3)C2)nc(-c2cccnc2)n1. The molecular formula is C25H25N5O2. The predicted molar refractivity (Wildman–Crippen MR) is 124 cm³/mol. The minimum absolute atomic E-state index is 0.0471. The molecule has 1 N–H and O–H groups in total. The van der Waals surface area contributed by atoms with Gasteiger partial charge in [-0.3, -0.25) is 9.78 Å². The normalized spacial score (nSPS) is 16.3. The number of piperidine rings is 1. The number of aromatic nitrogens is 3. The number of aryl methyl sites for hydroxylation is 1. The number of carbonyl (C=O) groups excluding carboxylic acids is 1. The van der Waals surface area contributed by atoms with E-state index in [-0.39, 0.29) is 11.8 Å². The molecule has 1 amide bonds. The molecule has 0 aliphatic carbocycles. The molecule has 4 aromatic rings. The third-order valence-electron chi connectivity index (χ3n) is 5.94. The van der Waals surface area contributed by atoms with Gasteiger partial charge in [0.1, 0.15) is 17.2 Å². The molecule has 4 heterocycles. The lowest BCUT2D eigenvalue weighted by atomic mass is 9.93. The zero-order valence-corrected chi connectivity index (χ0v) is 18.2. The van der Waals surface area contributed by atoms with Gasteiger partial charge in [0.25, 0.3) is 5.91 Å². The number of hydrogen-bond donors (Lipinski definition) is 1. The first-order valence-corrected chi connectivity index (χ1v) is 10.9. The summed E-state index contributed by atoms with van der Waals surface area (Å²) in [4.78, 5) is 28.9. The Morgan fingerprint density at radius 2 is 2.09 bits per heavy atom. The van der Waals surface area contributed by atoms with Crippen LogP contribution < -0.4 is 5.32 Å². The number of anilines is 1. The molecule has 0 radical (unpaired) electrons. The van der Waals surface area contributed by atoms with E-state index < -0.39 is 0 Å². The molecule has 1 atom stereocenters. The molecular weight excluding hydrogens is 402 g/mol. The molecule has 1 aromatic carbocycles. The summed E-state index contributed by atoms with van der Waals surface area (Å²) in [5, 5.41) is 4.09. The molecule has 0 bridgehead atoms. The van der Waals surface area contributed by atoms with Crippen LogP contribution in [0.15, 0.2) is 59.3 Å². The number of benzene rings is 1. The molecule has 1 fully saturated rings. The number of furan rings is 1. The first-order chi connectivity index (χ1) is 15.6. The van der Waals surface area contributed by atoms with Gasteiger partial charge in [0, 0.05) is 61.0 Å². The number of nitrogens with one attached hydrogen (secondary N) is 1. The van der Waals surface area contributed by atoms with Gasteiger partial charge in [0.05, 0.1) is 5.69 Å². The largest absolute Gasteiger partial charge is 0.461 e. The van der Waals surface area contributed by atoms with Crippen LogP contribution in [0.3, 0.4) is 0 Å². The number of carbonyl (C=O) groups is 1. The Balaban J connectivity index is 1.41. The molecule has 7 heteroatoms. The summed E-state index contributed by atoms with van der Waals surface area (Å²) >= 11 is 0. The van der Waals surface area contributed by atoms with Crippen molar-refractivity contribution in [3.8, 4) is 11.4 Å². The van der Waals surface area contributed by atoms with E-state index in [1.165, 1.54) is 0 Å². The maximum Gasteiger partial charge on any atom is 0.253 e. The van der Waals surface area contributed by atoms with Gasteiger partial charge < -0.3 is 14.6 Å². The van der Waals surface area contributed by atoms with Gasteiger partial charge in [-0.1, -0.05) is 0 Å². The van der Waals surface area contributed by atoms with Crippen LogP contribution in [0.2, 0.25) is 0 Å². The summed E-state index contributed by atoms with van der Waals surface area (Å²) in [7, 11) is 1.85. The van der Waals surface area contributed by atoms with Crippen molar-refractivity contribution in [3.63, 3.8) is 0 Å². The number of hydrogen-bond acceptors (Lipinski definition) is 6. The second kappa shape index (κ2) is 8.42. The molecule has 0 saturated carbocycles. The van der Waals surface area contributed by atoms with Crippen molar-refractivity contribution < 1.29 is 9.21 Å². The van der Waals surface area contributed by atoms with E-state index in [0.717, 1.165) is 53.2 Å². The highest BCUT2D eigenvalue weighted by Crippen LogP contribution is 2.30. The van der Waals surface area contributed by atoms with Gasteiger partial charge in [-0.2, -0.15) is 0 Å². The maximum atomic E-state index is 13.3. The molecule has 1 aliphatic rings. The summed E-state index contributed by atoms with van der Waals surface area (Å²) in [5.41, 5.74) is 3.31. The third kappa shape index (κ3) is 3.93. The van der Waals surface area contributed by atoms with Crippen LogP contribution in [0, 0.1) is 6.92 Å². The van der Waals surface area contributed by atoms with Crippen molar-refractivity contribution in [3.05, 3.63) is 71.9 Å². The van der Waals surface area contributed by atoms with Gasteiger partial charge >= 0.3 is 0 Å². The van der Waals surface area contributed by atoms with Crippen molar-refractivity contribution in [2.24, 2.45) is 0 Å². The molecule has 1 unspecified atom stereocenters. The summed E-state index contributed by atoms with van der Waals surface area (Å²) in [6.07, 6.45) is 5.42. The monoisotopic (exact) mass is 427 g/mol. The predicted octanol–water partition coefficient (Wildman–Crippen LogP) is 4.65.